The van der Waals surface area contributed by atoms with Crippen molar-refractivity contribution in [1.29, 1.82) is 0 Å². The summed E-state index contributed by atoms with van der Waals surface area (Å²) in [5.74, 6) is 7.37. The first-order chi connectivity index (χ1) is 18.7. The molecule has 10 unspecified atom stereocenters. The minimum absolute atomic E-state index is 0.706. The van der Waals surface area contributed by atoms with Gasteiger partial charge in [-0.05, 0) is 95.2 Å². The van der Waals surface area contributed by atoms with Crippen LogP contribution in [0, 0.1) is 35.5 Å². The highest BCUT2D eigenvalue weighted by Gasteiger charge is 2.61. The minimum Gasteiger partial charge on any atom is -0.0711 e. The van der Waals surface area contributed by atoms with E-state index in [-0.39, 0.29) is 0 Å². The number of hydrogen-bond acceptors (Lipinski definition) is 0. The molecule has 0 nitrogen and oxygen atoms in total. The Morgan fingerprint density at radius 1 is 0.718 bits per heavy atom. The van der Waals surface area contributed by atoms with Crippen molar-refractivity contribution in [3.63, 3.8) is 0 Å². The fourth-order valence-electron chi connectivity index (χ4n) is 11.4. The lowest BCUT2D eigenvalue weighted by atomic mass is 9.62. The maximum Gasteiger partial charge on any atom is 0.0451 e. The van der Waals surface area contributed by atoms with Crippen molar-refractivity contribution in [2.75, 3.05) is 0 Å². The molecule has 0 N–H and O–H groups in total. The second kappa shape index (κ2) is 10.9. The summed E-state index contributed by atoms with van der Waals surface area (Å²) in [7, 11) is -2.75. The van der Waals surface area contributed by atoms with Crippen molar-refractivity contribution < 1.29 is 0 Å². The van der Waals surface area contributed by atoms with Gasteiger partial charge in [0.25, 0.3) is 0 Å². The van der Waals surface area contributed by atoms with Crippen LogP contribution in [0.3, 0.4) is 0 Å². The lowest BCUT2D eigenvalue weighted by Gasteiger charge is -2.52. The van der Waals surface area contributed by atoms with Gasteiger partial charge in [-0.2, -0.15) is 0 Å². The largest absolute Gasteiger partial charge is 0.0711 e. The monoisotopic (exact) mass is 556 g/mol. The molecule has 0 amide bonds. The first-order valence-corrected chi connectivity index (χ1v) is 23.9. The van der Waals surface area contributed by atoms with Gasteiger partial charge in [-0.15, -0.1) is 0 Å². The van der Waals surface area contributed by atoms with E-state index in [0.29, 0.717) is 5.92 Å². The summed E-state index contributed by atoms with van der Waals surface area (Å²) in [6.45, 7) is 16.8. The molecule has 0 radical (unpaired) electrons. The van der Waals surface area contributed by atoms with Gasteiger partial charge in [0, 0.05) is 15.2 Å². The number of rotatable bonds is 7. The van der Waals surface area contributed by atoms with Crippen LogP contribution in [0.15, 0.2) is 60.7 Å². The second-order valence-electron chi connectivity index (χ2n) is 16.0. The number of fused-ring (bicyclic) bond motifs is 2. The Morgan fingerprint density at radius 2 is 1.41 bits per heavy atom. The van der Waals surface area contributed by atoms with Crippen molar-refractivity contribution in [2.45, 2.75) is 121 Å². The van der Waals surface area contributed by atoms with Crippen LogP contribution in [0.25, 0.3) is 0 Å². The molecule has 39 heavy (non-hydrogen) atoms. The molecule has 4 aliphatic carbocycles. The third kappa shape index (κ3) is 4.98. The van der Waals surface area contributed by atoms with Gasteiger partial charge in [-0.25, -0.2) is 0 Å². The van der Waals surface area contributed by atoms with Crippen LogP contribution < -0.4 is 0 Å². The molecular formula is C37H56Si2. The quantitative estimate of drug-likeness (QED) is 0.297. The van der Waals surface area contributed by atoms with Gasteiger partial charge in [-0.3, -0.25) is 0 Å². The Hall–Kier alpha value is -1.13. The lowest BCUT2D eigenvalue weighted by molar-refractivity contribution is 0.121. The van der Waals surface area contributed by atoms with E-state index < -0.39 is 15.2 Å². The van der Waals surface area contributed by atoms with Crippen LogP contribution in [0.1, 0.15) is 94.6 Å². The van der Waals surface area contributed by atoms with Crippen molar-refractivity contribution in [3.05, 3.63) is 71.8 Å². The maximum absolute atomic E-state index is 2.92. The predicted octanol–water partition coefficient (Wildman–Crippen LogP) is 11.1. The van der Waals surface area contributed by atoms with Crippen molar-refractivity contribution >= 4 is 15.2 Å². The predicted molar refractivity (Wildman–Crippen MR) is 175 cm³/mol. The standard InChI is InChI=1S/C37H56Si2/c1-26(29-14-9-7-10-15-29)22-28-20-21-32(24-28)38(3,4)39(5,6)37-27(2)23-34-35(37)25-31-18-13-19-33(31)36(34)30-16-11-8-12-17-30/h7-12,14-17,26-28,31-37H,13,18-25H2,1-6H3. The van der Waals surface area contributed by atoms with E-state index in [1.807, 2.05) is 0 Å². The molecule has 212 valence electrons. The maximum atomic E-state index is 2.92. The molecule has 0 aromatic heterocycles. The molecule has 0 bridgehead atoms. The highest BCUT2D eigenvalue weighted by Crippen LogP contribution is 2.66. The smallest absolute Gasteiger partial charge is 0.0451 e. The fourth-order valence-corrected chi connectivity index (χ4v) is 26.2. The van der Waals surface area contributed by atoms with Crippen LogP contribution in [0.5, 0.6) is 0 Å². The molecule has 4 fully saturated rings. The first kappa shape index (κ1) is 28.0. The van der Waals surface area contributed by atoms with Gasteiger partial charge < -0.3 is 0 Å². The zero-order chi connectivity index (χ0) is 27.4. The molecular weight excluding hydrogens is 501 g/mol. The van der Waals surface area contributed by atoms with E-state index in [4.69, 9.17) is 0 Å². The average Bonchev–Trinajstić information content (AvgIpc) is 3.66. The van der Waals surface area contributed by atoms with E-state index in [1.165, 1.54) is 44.9 Å². The van der Waals surface area contributed by atoms with E-state index in [2.05, 4.69) is 101 Å². The molecule has 2 heteroatoms. The van der Waals surface area contributed by atoms with E-state index in [1.54, 1.807) is 24.0 Å². The Kier molecular flexibility index (Phi) is 7.86. The summed E-state index contributed by atoms with van der Waals surface area (Å²) < 4.78 is 0. The van der Waals surface area contributed by atoms with Gasteiger partial charge in [0.05, 0.1) is 0 Å². The number of hydrogen-bond donors (Lipinski definition) is 0. The van der Waals surface area contributed by atoms with Crippen molar-refractivity contribution in [1.82, 2.24) is 0 Å². The summed E-state index contributed by atoms with van der Waals surface area (Å²) in [5.41, 5.74) is 5.36. The molecule has 0 saturated heterocycles. The van der Waals surface area contributed by atoms with Crippen LogP contribution >= 0.6 is 0 Å². The van der Waals surface area contributed by atoms with Gasteiger partial charge in [0.2, 0.25) is 0 Å². The summed E-state index contributed by atoms with van der Waals surface area (Å²) in [6, 6.07) is 23.2. The molecule has 6 rings (SSSR count). The third-order valence-electron chi connectivity index (χ3n) is 13.8. The molecule has 4 saturated carbocycles. The Balaban J connectivity index is 1.21. The molecule has 10 atom stereocenters. The topological polar surface area (TPSA) is 0 Å². The third-order valence-corrected chi connectivity index (χ3v) is 34.5. The molecule has 2 aromatic rings. The van der Waals surface area contributed by atoms with Gasteiger partial charge in [0.15, 0.2) is 0 Å². The summed E-state index contributed by atoms with van der Waals surface area (Å²) >= 11 is 0. The molecule has 0 aliphatic heterocycles. The van der Waals surface area contributed by atoms with Crippen LogP contribution in [-0.4, -0.2) is 15.2 Å². The van der Waals surface area contributed by atoms with Gasteiger partial charge in [-0.1, -0.05) is 133 Å². The Morgan fingerprint density at radius 3 is 2.13 bits per heavy atom. The lowest BCUT2D eigenvalue weighted by Crippen LogP contribution is -2.62. The molecule has 2 aromatic carbocycles. The zero-order valence-electron chi connectivity index (χ0n) is 25.9. The van der Waals surface area contributed by atoms with E-state index in [0.717, 1.165) is 52.5 Å². The average molecular weight is 557 g/mol. The fraction of sp³-hybridized carbons (Fsp3) is 0.676. The zero-order valence-corrected chi connectivity index (χ0v) is 27.9. The normalized spacial score (nSPS) is 37.4. The van der Waals surface area contributed by atoms with Crippen LogP contribution in [0.4, 0.5) is 0 Å². The SMILES string of the molecule is CC(CC1CCC([Si](C)(C)[Si](C)(C)C2C(C)CC3C2CC2CCCC2C3c2ccccc2)C1)c1ccccc1. The van der Waals surface area contributed by atoms with Crippen molar-refractivity contribution in [3.8, 4) is 0 Å². The Bertz CT molecular complexity index is 1090. The molecule has 4 aliphatic rings. The van der Waals surface area contributed by atoms with Gasteiger partial charge >= 0.3 is 0 Å². The summed E-state index contributed by atoms with van der Waals surface area (Å²) in [5, 5.41) is 0. The number of benzene rings is 2. The summed E-state index contributed by atoms with van der Waals surface area (Å²) in [4.78, 5) is 0. The minimum atomic E-state index is -1.40. The van der Waals surface area contributed by atoms with E-state index >= 15 is 0 Å². The molecule has 0 spiro atoms. The van der Waals surface area contributed by atoms with Crippen molar-refractivity contribution in [2.24, 2.45) is 35.5 Å². The second-order valence-corrected chi connectivity index (χ2v) is 32.1. The van der Waals surface area contributed by atoms with Crippen LogP contribution in [-0.2, 0) is 0 Å². The summed E-state index contributed by atoms with van der Waals surface area (Å²) in [6.07, 6.45) is 13.6. The first-order valence-electron chi connectivity index (χ1n) is 16.8. The highest BCUT2D eigenvalue weighted by atomic mass is 29.3. The molecule has 0 heterocycles. The highest BCUT2D eigenvalue weighted by molar-refractivity contribution is 7.41. The Labute approximate surface area is 242 Å². The van der Waals surface area contributed by atoms with Gasteiger partial charge in [0.1, 0.15) is 0 Å². The van der Waals surface area contributed by atoms with E-state index in [9.17, 15) is 0 Å². The van der Waals surface area contributed by atoms with Crippen LogP contribution in [0.2, 0.25) is 37.3 Å².